The molecule has 6 heteroatoms. The molecule has 5 nitrogen and oxygen atoms in total. The Balaban J connectivity index is 2.28. The van der Waals surface area contributed by atoms with Crippen molar-refractivity contribution in [3.63, 3.8) is 0 Å². The van der Waals surface area contributed by atoms with Gasteiger partial charge >= 0.3 is 11.8 Å². The van der Waals surface area contributed by atoms with Crippen molar-refractivity contribution in [3.8, 4) is 0 Å². The molecule has 0 saturated carbocycles. The maximum absolute atomic E-state index is 11.6. The first-order chi connectivity index (χ1) is 9.13. The molecule has 0 aliphatic rings. The number of amides is 2. The van der Waals surface area contributed by atoms with E-state index >= 15 is 0 Å². The molecule has 1 rings (SSSR count). The summed E-state index contributed by atoms with van der Waals surface area (Å²) in [4.78, 5) is 23.0. The normalized spacial score (nSPS) is 10.0. The van der Waals surface area contributed by atoms with Crippen molar-refractivity contribution in [3.05, 3.63) is 27.8 Å². The Labute approximate surface area is 126 Å². The summed E-state index contributed by atoms with van der Waals surface area (Å²) in [5.74, 6) is -1.28. The van der Waals surface area contributed by atoms with Gasteiger partial charge in [0.05, 0.1) is 0 Å². The Kier molecular flexibility index (Phi) is 7.42. The molecule has 0 unspecified atom stereocenters. The average Bonchev–Trinajstić information content (AvgIpc) is 2.41. The van der Waals surface area contributed by atoms with Crippen molar-refractivity contribution in [2.75, 3.05) is 25.1 Å². The highest BCUT2D eigenvalue weighted by Gasteiger charge is 2.12. The largest absolute Gasteiger partial charge is 0.382 e. The smallest absolute Gasteiger partial charge is 0.313 e. The van der Waals surface area contributed by atoms with Crippen molar-refractivity contribution in [1.29, 1.82) is 0 Å². The van der Waals surface area contributed by atoms with Crippen LogP contribution in [0, 0.1) is 3.57 Å². The van der Waals surface area contributed by atoms with E-state index in [2.05, 4.69) is 33.2 Å². The van der Waals surface area contributed by atoms with E-state index in [-0.39, 0.29) is 0 Å². The molecule has 0 radical (unpaired) electrons. The monoisotopic (exact) mass is 376 g/mol. The summed E-state index contributed by atoms with van der Waals surface area (Å²) in [5, 5.41) is 5.08. The molecule has 104 valence electrons. The molecule has 0 fully saturated rings. The first-order valence-corrected chi connectivity index (χ1v) is 7.14. The quantitative estimate of drug-likeness (QED) is 0.452. The number of ether oxygens (including phenoxy) is 1. The Bertz CT molecular complexity index is 420. The zero-order valence-electron chi connectivity index (χ0n) is 10.7. The molecule has 2 amide bonds. The minimum Gasteiger partial charge on any atom is -0.382 e. The second-order valence-corrected chi connectivity index (χ2v) is 5.01. The van der Waals surface area contributed by atoms with Crippen LogP contribution in [-0.2, 0) is 14.3 Å². The molecule has 1 aromatic carbocycles. The zero-order chi connectivity index (χ0) is 14.1. The van der Waals surface area contributed by atoms with Crippen LogP contribution in [0.5, 0.6) is 0 Å². The number of carbonyl (C=O) groups excluding carboxylic acids is 2. The van der Waals surface area contributed by atoms with Crippen LogP contribution >= 0.6 is 22.6 Å². The van der Waals surface area contributed by atoms with Gasteiger partial charge in [-0.05, 0) is 60.2 Å². The molecule has 0 aliphatic carbocycles. The number of rotatable bonds is 6. The maximum Gasteiger partial charge on any atom is 0.313 e. The zero-order valence-corrected chi connectivity index (χ0v) is 12.9. The van der Waals surface area contributed by atoms with Gasteiger partial charge in [0.2, 0.25) is 0 Å². The van der Waals surface area contributed by atoms with Gasteiger partial charge < -0.3 is 15.4 Å². The van der Waals surface area contributed by atoms with Gasteiger partial charge in [-0.15, -0.1) is 0 Å². The lowest BCUT2D eigenvalue weighted by atomic mass is 10.3. The summed E-state index contributed by atoms with van der Waals surface area (Å²) >= 11 is 2.17. The molecule has 0 spiro atoms. The van der Waals surface area contributed by atoms with E-state index in [4.69, 9.17) is 4.74 Å². The van der Waals surface area contributed by atoms with E-state index in [9.17, 15) is 9.59 Å². The summed E-state index contributed by atoms with van der Waals surface area (Å²) in [5.41, 5.74) is 0.606. The van der Waals surface area contributed by atoms with Gasteiger partial charge in [0.1, 0.15) is 0 Å². The summed E-state index contributed by atoms with van der Waals surface area (Å²) in [6.45, 7) is 3.57. The highest BCUT2D eigenvalue weighted by atomic mass is 127. The Hall–Kier alpha value is -1.15. The number of hydrogen-bond acceptors (Lipinski definition) is 3. The first kappa shape index (κ1) is 15.9. The Morgan fingerprint density at radius 2 is 1.89 bits per heavy atom. The second-order valence-electron chi connectivity index (χ2n) is 3.77. The predicted molar refractivity (Wildman–Crippen MR) is 81.9 cm³/mol. The summed E-state index contributed by atoms with van der Waals surface area (Å²) < 4.78 is 6.20. The van der Waals surface area contributed by atoms with Gasteiger partial charge in [0, 0.05) is 29.0 Å². The fourth-order valence-electron chi connectivity index (χ4n) is 1.32. The van der Waals surface area contributed by atoms with Crippen molar-refractivity contribution < 1.29 is 14.3 Å². The van der Waals surface area contributed by atoms with Gasteiger partial charge in [-0.3, -0.25) is 9.59 Å². The molecular weight excluding hydrogens is 359 g/mol. The van der Waals surface area contributed by atoms with Gasteiger partial charge in [-0.1, -0.05) is 0 Å². The number of halogens is 1. The maximum atomic E-state index is 11.6. The van der Waals surface area contributed by atoms with Gasteiger partial charge in [0.15, 0.2) is 0 Å². The Morgan fingerprint density at radius 3 is 2.53 bits per heavy atom. The molecule has 0 heterocycles. The SMILES string of the molecule is CCOCCCNC(=O)C(=O)Nc1ccc(I)cc1. The standard InChI is InChI=1S/C13H17IN2O3/c1-2-19-9-3-8-15-12(17)13(18)16-11-6-4-10(14)5-7-11/h4-7H,2-3,8-9H2,1H3,(H,15,17)(H,16,18). The van der Waals surface area contributed by atoms with E-state index in [1.165, 1.54) is 0 Å². The minimum absolute atomic E-state index is 0.430. The molecule has 2 N–H and O–H groups in total. The molecular formula is C13H17IN2O3. The average molecular weight is 376 g/mol. The van der Waals surface area contributed by atoms with Gasteiger partial charge in [-0.2, -0.15) is 0 Å². The fraction of sp³-hybridized carbons (Fsp3) is 0.385. The highest BCUT2D eigenvalue weighted by Crippen LogP contribution is 2.10. The molecule has 19 heavy (non-hydrogen) atoms. The van der Waals surface area contributed by atoms with Crippen LogP contribution in [0.4, 0.5) is 5.69 Å². The predicted octanol–water partition coefficient (Wildman–Crippen LogP) is 1.77. The van der Waals surface area contributed by atoms with Crippen molar-refractivity contribution in [2.45, 2.75) is 13.3 Å². The molecule has 0 saturated heterocycles. The fourth-order valence-corrected chi connectivity index (χ4v) is 1.68. The second kappa shape index (κ2) is 8.87. The van der Waals surface area contributed by atoms with Crippen LogP contribution in [0.25, 0.3) is 0 Å². The molecule has 1 aromatic rings. The number of hydrogen-bond donors (Lipinski definition) is 2. The van der Waals surface area contributed by atoms with Gasteiger partial charge in [-0.25, -0.2) is 0 Å². The lowest BCUT2D eigenvalue weighted by Crippen LogP contribution is -2.36. The van der Waals surface area contributed by atoms with Crippen LogP contribution in [0.1, 0.15) is 13.3 Å². The minimum atomic E-state index is -0.655. The van der Waals surface area contributed by atoms with Crippen molar-refractivity contribution >= 4 is 40.1 Å². The third-order valence-electron chi connectivity index (χ3n) is 2.26. The number of anilines is 1. The number of carbonyl (C=O) groups is 2. The molecule has 0 aromatic heterocycles. The van der Waals surface area contributed by atoms with E-state index in [0.717, 1.165) is 3.57 Å². The first-order valence-electron chi connectivity index (χ1n) is 6.06. The summed E-state index contributed by atoms with van der Waals surface area (Å²) in [6.07, 6.45) is 0.691. The third-order valence-corrected chi connectivity index (χ3v) is 2.98. The highest BCUT2D eigenvalue weighted by molar-refractivity contribution is 14.1. The van der Waals surface area contributed by atoms with E-state index < -0.39 is 11.8 Å². The van der Waals surface area contributed by atoms with E-state index in [1.807, 2.05) is 19.1 Å². The van der Waals surface area contributed by atoms with E-state index in [0.29, 0.717) is 31.9 Å². The van der Waals surface area contributed by atoms with Crippen LogP contribution in [0.2, 0.25) is 0 Å². The summed E-state index contributed by atoms with van der Waals surface area (Å²) in [7, 11) is 0. The van der Waals surface area contributed by atoms with Crippen LogP contribution < -0.4 is 10.6 Å². The van der Waals surface area contributed by atoms with Crippen molar-refractivity contribution in [1.82, 2.24) is 5.32 Å². The number of nitrogens with one attached hydrogen (secondary N) is 2. The number of benzene rings is 1. The summed E-state index contributed by atoms with van der Waals surface area (Å²) in [6, 6.07) is 7.22. The molecule has 0 aliphatic heterocycles. The van der Waals surface area contributed by atoms with Crippen LogP contribution in [0.15, 0.2) is 24.3 Å². The lowest BCUT2D eigenvalue weighted by molar-refractivity contribution is -0.136. The third kappa shape index (κ3) is 6.53. The van der Waals surface area contributed by atoms with Crippen molar-refractivity contribution in [2.24, 2.45) is 0 Å². The topological polar surface area (TPSA) is 67.4 Å². The Morgan fingerprint density at radius 1 is 1.21 bits per heavy atom. The van der Waals surface area contributed by atoms with Crippen LogP contribution in [-0.4, -0.2) is 31.6 Å². The van der Waals surface area contributed by atoms with Gasteiger partial charge in [0.25, 0.3) is 0 Å². The van der Waals surface area contributed by atoms with E-state index in [1.54, 1.807) is 12.1 Å². The lowest BCUT2D eigenvalue weighted by Gasteiger charge is -2.06. The molecule has 0 bridgehead atoms. The van der Waals surface area contributed by atoms with Crippen LogP contribution in [0.3, 0.4) is 0 Å². The molecule has 0 atom stereocenters.